The molecule has 0 unspecified atom stereocenters. The lowest BCUT2D eigenvalue weighted by atomic mass is 10.0. The van der Waals surface area contributed by atoms with Gasteiger partial charge in [0.25, 0.3) is 8.32 Å². The molecule has 3 aromatic carbocycles. The van der Waals surface area contributed by atoms with Crippen molar-refractivity contribution in [1.29, 1.82) is 0 Å². The molecule has 1 aliphatic heterocycles. The highest BCUT2D eigenvalue weighted by Crippen LogP contribution is 2.37. The number of aliphatic hydroxyl groups excluding tert-OH is 1. The van der Waals surface area contributed by atoms with Gasteiger partial charge in [0.15, 0.2) is 0 Å². The van der Waals surface area contributed by atoms with Gasteiger partial charge < -0.3 is 23.7 Å². The fourth-order valence-corrected chi connectivity index (χ4v) is 9.88. The van der Waals surface area contributed by atoms with Gasteiger partial charge in [-0.25, -0.2) is 0 Å². The zero-order valence-corrected chi connectivity index (χ0v) is 24.6. The molecule has 0 saturated carbocycles. The smallest absolute Gasteiger partial charge is 0.261 e. The molecular formula is C33H42O5Si. The predicted molar refractivity (Wildman–Crippen MR) is 159 cm³/mol. The third-order valence-corrected chi connectivity index (χ3v) is 12.3. The molecule has 5 nitrogen and oxygen atoms in total. The van der Waals surface area contributed by atoms with Crippen LogP contribution in [0.1, 0.15) is 39.2 Å². The maximum absolute atomic E-state index is 10.6. The highest BCUT2D eigenvalue weighted by atomic mass is 28.4. The molecule has 3 aromatic rings. The molecule has 1 N–H and O–H groups in total. The quantitative estimate of drug-likeness (QED) is 0.191. The van der Waals surface area contributed by atoms with Crippen molar-refractivity contribution in [3.8, 4) is 5.75 Å². The van der Waals surface area contributed by atoms with Crippen LogP contribution in [0.5, 0.6) is 5.75 Å². The van der Waals surface area contributed by atoms with Gasteiger partial charge in [0, 0.05) is 6.61 Å². The Balaban J connectivity index is 1.37. The van der Waals surface area contributed by atoms with Crippen LogP contribution in [0.25, 0.3) is 0 Å². The summed E-state index contributed by atoms with van der Waals surface area (Å²) in [6.07, 6.45) is 4.17. The minimum absolute atomic E-state index is 0.103. The van der Waals surface area contributed by atoms with Crippen LogP contribution < -0.4 is 15.1 Å². The van der Waals surface area contributed by atoms with E-state index < -0.39 is 14.4 Å². The molecule has 1 heterocycles. The summed E-state index contributed by atoms with van der Waals surface area (Å²) in [6.45, 7) is 8.40. The van der Waals surface area contributed by atoms with Gasteiger partial charge in [-0.3, -0.25) is 0 Å². The van der Waals surface area contributed by atoms with Gasteiger partial charge >= 0.3 is 0 Å². The Morgan fingerprint density at radius 3 is 2.03 bits per heavy atom. The largest absolute Gasteiger partial charge is 0.497 e. The van der Waals surface area contributed by atoms with Crippen LogP contribution in [-0.4, -0.2) is 52.1 Å². The molecule has 0 aliphatic carbocycles. The van der Waals surface area contributed by atoms with Gasteiger partial charge in [-0.1, -0.05) is 106 Å². The molecule has 208 valence electrons. The van der Waals surface area contributed by atoms with Crippen LogP contribution in [-0.2, 0) is 20.5 Å². The van der Waals surface area contributed by atoms with Gasteiger partial charge in [0.05, 0.1) is 38.6 Å². The SMILES string of the molecule is COc1ccc(COCCC[C@@H]2O[C@H](CO[Si](c3ccccc3)(c3ccccc3)C(C)(C)C)C=C[C@H]2O)cc1. The predicted octanol–water partition coefficient (Wildman–Crippen LogP) is 5.25. The molecule has 0 saturated heterocycles. The van der Waals surface area contributed by atoms with Crippen LogP contribution in [0.3, 0.4) is 0 Å². The summed E-state index contributed by atoms with van der Waals surface area (Å²) in [5.41, 5.74) is 1.10. The summed E-state index contributed by atoms with van der Waals surface area (Å²) in [4.78, 5) is 0. The van der Waals surface area contributed by atoms with E-state index in [0.717, 1.165) is 17.7 Å². The van der Waals surface area contributed by atoms with E-state index in [1.165, 1.54) is 10.4 Å². The summed E-state index contributed by atoms with van der Waals surface area (Å²) >= 11 is 0. The first-order valence-electron chi connectivity index (χ1n) is 13.8. The number of benzene rings is 3. The van der Waals surface area contributed by atoms with Gasteiger partial charge in [-0.2, -0.15) is 0 Å². The first kappa shape index (κ1) is 29.2. The molecule has 0 bridgehead atoms. The summed E-state index contributed by atoms with van der Waals surface area (Å²) in [5, 5.41) is 13.0. The Morgan fingerprint density at radius 2 is 1.46 bits per heavy atom. The van der Waals surface area contributed by atoms with E-state index in [2.05, 4.69) is 81.4 Å². The summed E-state index contributed by atoms with van der Waals surface area (Å²) in [5.74, 6) is 0.837. The van der Waals surface area contributed by atoms with E-state index in [-0.39, 0.29) is 17.2 Å². The van der Waals surface area contributed by atoms with Crippen LogP contribution in [0.2, 0.25) is 5.04 Å². The molecule has 0 spiro atoms. The molecule has 3 atom stereocenters. The second-order valence-corrected chi connectivity index (χ2v) is 15.4. The van der Waals surface area contributed by atoms with Crippen molar-refractivity contribution in [2.75, 3.05) is 20.3 Å². The lowest BCUT2D eigenvalue weighted by Crippen LogP contribution is -2.67. The zero-order valence-electron chi connectivity index (χ0n) is 23.6. The standard InChI is InChI=1S/C33H42O5Si/c1-33(2,3)39(29-12-7-5-8-13-29,30-14-9-6-10-15-30)37-25-28-21-22-31(34)32(38-28)16-11-23-36-24-26-17-19-27(35-4)20-18-26/h5-10,12-15,17-22,28,31-32,34H,11,16,23-25H2,1-4H3/t28-,31+,32-/m0/s1. The van der Waals surface area contributed by atoms with Crippen LogP contribution >= 0.6 is 0 Å². The Labute approximate surface area is 234 Å². The second kappa shape index (κ2) is 13.6. The molecule has 0 fully saturated rings. The highest BCUT2D eigenvalue weighted by molar-refractivity contribution is 6.99. The van der Waals surface area contributed by atoms with E-state index >= 15 is 0 Å². The first-order valence-corrected chi connectivity index (χ1v) is 15.7. The number of methoxy groups -OCH3 is 1. The van der Waals surface area contributed by atoms with Crippen LogP contribution in [0, 0.1) is 0 Å². The highest BCUT2D eigenvalue weighted by Gasteiger charge is 2.50. The number of ether oxygens (including phenoxy) is 3. The van der Waals surface area contributed by atoms with Crippen molar-refractivity contribution in [1.82, 2.24) is 0 Å². The van der Waals surface area contributed by atoms with Crippen molar-refractivity contribution in [2.45, 2.75) is 63.6 Å². The molecule has 0 aromatic heterocycles. The van der Waals surface area contributed by atoms with Crippen LogP contribution in [0.15, 0.2) is 97.1 Å². The monoisotopic (exact) mass is 546 g/mol. The zero-order chi connectivity index (χ0) is 27.7. The molecule has 6 heteroatoms. The van der Waals surface area contributed by atoms with E-state index in [9.17, 15) is 5.11 Å². The van der Waals surface area contributed by atoms with E-state index in [0.29, 0.717) is 26.2 Å². The van der Waals surface area contributed by atoms with E-state index in [4.69, 9.17) is 18.6 Å². The Bertz CT molecular complexity index is 1120. The number of aliphatic hydroxyl groups is 1. The van der Waals surface area contributed by atoms with Gasteiger partial charge in [-0.15, -0.1) is 0 Å². The fraction of sp³-hybridized carbons (Fsp3) is 0.394. The van der Waals surface area contributed by atoms with Crippen LogP contribution in [0.4, 0.5) is 0 Å². The summed E-state index contributed by atoms with van der Waals surface area (Å²) in [6, 6.07) is 29.1. The van der Waals surface area contributed by atoms with Gasteiger partial charge in [-0.05, 0) is 45.9 Å². The van der Waals surface area contributed by atoms with Crippen molar-refractivity contribution in [2.24, 2.45) is 0 Å². The molecule has 4 rings (SSSR count). The Kier molecular flexibility index (Phi) is 10.2. The number of hydrogen-bond donors (Lipinski definition) is 1. The summed E-state index contributed by atoms with van der Waals surface area (Å²) < 4.78 is 24.5. The molecule has 39 heavy (non-hydrogen) atoms. The average molecular weight is 547 g/mol. The Morgan fingerprint density at radius 1 is 0.846 bits per heavy atom. The van der Waals surface area contributed by atoms with E-state index in [1.54, 1.807) is 7.11 Å². The average Bonchev–Trinajstić information content (AvgIpc) is 2.95. The molecule has 0 radical (unpaired) electrons. The summed E-state index contributed by atoms with van der Waals surface area (Å²) in [7, 11) is -0.990. The van der Waals surface area contributed by atoms with E-state index in [1.807, 2.05) is 36.4 Å². The maximum atomic E-state index is 10.6. The maximum Gasteiger partial charge on any atom is 0.261 e. The second-order valence-electron chi connectivity index (χ2n) is 11.1. The number of hydrogen-bond acceptors (Lipinski definition) is 5. The van der Waals surface area contributed by atoms with Crippen molar-refractivity contribution < 1.29 is 23.7 Å². The Hall–Kier alpha value is -2.74. The third-order valence-electron chi connectivity index (χ3n) is 7.34. The third kappa shape index (κ3) is 7.27. The van der Waals surface area contributed by atoms with Crippen molar-refractivity contribution in [3.05, 3.63) is 103 Å². The normalized spacial score (nSPS) is 19.7. The lowest BCUT2D eigenvalue weighted by molar-refractivity contribution is -0.0752. The minimum atomic E-state index is -2.65. The molecule has 1 aliphatic rings. The van der Waals surface area contributed by atoms with Gasteiger partial charge in [0.2, 0.25) is 0 Å². The van der Waals surface area contributed by atoms with Crippen molar-refractivity contribution >= 4 is 18.7 Å². The lowest BCUT2D eigenvalue weighted by Gasteiger charge is -2.44. The topological polar surface area (TPSA) is 57.2 Å². The fourth-order valence-electron chi connectivity index (χ4n) is 5.31. The van der Waals surface area contributed by atoms with Crippen molar-refractivity contribution in [3.63, 3.8) is 0 Å². The first-order chi connectivity index (χ1) is 18.8. The van der Waals surface area contributed by atoms with Gasteiger partial charge in [0.1, 0.15) is 5.75 Å². The number of rotatable bonds is 12. The molecule has 0 amide bonds. The molecular weight excluding hydrogens is 504 g/mol. The minimum Gasteiger partial charge on any atom is -0.497 e.